The van der Waals surface area contributed by atoms with Gasteiger partial charge < -0.3 is 0 Å². The third-order valence-electron chi connectivity index (χ3n) is 3.42. The normalized spacial score (nSPS) is 10.9. The smallest absolute Gasteiger partial charge is 0.255 e. The molecule has 0 saturated carbocycles. The number of hydrogen-bond acceptors (Lipinski definition) is 3. The topological polar surface area (TPSA) is 25.2 Å². The minimum absolute atomic E-state index is 0.0280. The Balaban J connectivity index is 1.96. The lowest BCUT2D eigenvalue weighted by Crippen LogP contribution is -2.16. The first-order valence-electron chi connectivity index (χ1n) is 7.37. The number of aromatic nitrogens is 1. The molecule has 0 bridgehead atoms. The second-order valence-corrected chi connectivity index (χ2v) is 6.77. The summed E-state index contributed by atoms with van der Waals surface area (Å²) in [4.78, 5) is 13.3. The van der Waals surface area contributed by atoms with Crippen molar-refractivity contribution in [2.24, 2.45) is 0 Å². The first kappa shape index (κ1) is 15.6. The zero-order valence-corrected chi connectivity index (χ0v) is 14.0. The molecule has 23 heavy (non-hydrogen) atoms. The molecule has 0 amide bonds. The molecular weight excluding hydrogens is 304 g/mol. The van der Waals surface area contributed by atoms with E-state index in [4.69, 9.17) is 0 Å². The van der Waals surface area contributed by atoms with E-state index in [0.717, 1.165) is 16.8 Å². The minimum atomic E-state index is -0.0280. The van der Waals surface area contributed by atoms with Gasteiger partial charge in [0, 0.05) is 22.8 Å². The zero-order valence-electron chi connectivity index (χ0n) is 13.1. The van der Waals surface area contributed by atoms with Gasteiger partial charge in [-0.3, -0.25) is 13.7 Å². The summed E-state index contributed by atoms with van der Waals surface area (Å²) >= 11 is 1.68. The molecule has 0 radical (unpaired) electrons. The van der Waals surface area contributed by atoms with Crippen molar-refractivity contribution in [1.29, 1.82) is 0 Å². The van der Waals surface area contributed by atoms with Crippen LogP contribution in [-0.2, 0) is 0 Å². The summed E-state index contributed by atoms with van der Waals surface area (Å²) in [5, 5.41) is 0. The molecule has 0 spiro atoms. The molecule has 3 aromatic rings. The number of rotatable bonds is 4. The Morgan fingerprint density at radius 1 is 0.826 bits per heavy atom. The number of para-hydroxylation sites is 1. The number of pyridine rings is 1. The summed E-state index contributed by atoms with van der Waals surface area (Å²) in [6, 6.07) is 21.5. The lowest BCUT2D eigenvalue weighted by molar-refractivity contribution is 0.702. The van der Waals surface area contributed by atoms with Gasteiger partial charge in [-0.15, -0.1) is 0 Å². The molecule has 0 saturated heterocycles. The zero-order chi connectivity index (χ0) is 16.2. The van der Waals surface area contributed by atoms with Gasteiger partial charge in [-0.25, -0.2) is 0 Å². The van der Waals surface area contributed by atoms with E-state index in [9.17, 15) is 4.79 Å². The van der Waals surface area contributed by atoms with E-state index >= 15 is 0 Å². The Bertz CT molecular complexity index is 839. The van der Waals surface area contributed by atoms with E-state index < -0.39 is 0 Å². The van der Waals surface area contributed by atoms with E-state index in [1.165, 1.54) is 4.90 Å². The third kappa shape index (κ3) is 3.73. The van der Waals surface area contributed by atoms with Crippen LogP contribution in [0.15, 0.2) is 82.6 Å². The van der Waals surface area contributed by atoms with Crippen molar-refractivity contribution in [2.45, 2.75) is 4.90 Å². The number of hydrogen-bond donors (Lipinski definition) is 0. The summed E-state index contributed by atoms with van der Waals surface area (Å²) < 4.78 is 3.74. The predicted molar refractivity (Wildman–Crippen MR) is 97.0 cm³/mol. The lowest BCUT2D eigenvalue weighted by Gasteiger charge is -2.10. The van der Waals surface area contributed by atoms with Crippen LogP contribution in [0.2, 0.25) is 0 Å². The van der Waals surface area contributed by atoms with Gasteiger partial charge in [-0.2, -0.15) is 0 Å². The van der Waals surface area contributed by atoms with Gasteiger partial charge in [0.05, 0.1) is 0 Å². The molecule has 1 heterocycles. The first-order valence-corrected chi connectivity index (χ1v) is 8.15. The van der Waals surface area contributed by atoms with Crippen molar-refractivity contribution in [2.75, 3.05) is 14.1 Å². The van der Waals surface area contributed by atoms with Crippen LogP contribution in [0.3, 0.4) is 0 Å². The highest BCUT2D eigenvalue weighted by Gasteiger charge is 2.04. The van der Waals surface area contributed by atoms with Crippen molar-refractivity contribution in [3.05, 3.63) is 83.3 Å². The first-order chi connectivity index (χ1) is 11.1. The van der Waals surface area contributed by atoms with E-state index in [-0.39, 0.29) is 5.56 Å². The summed E-state index contributed by atoms with van der Waals surface area (Å²) in [5.74, 6) is 0. The maximum atomic E-state index is 12.1. The van der Waals surface area contributed by atoms with E-state index in [1.54, 1.807) is 22.6 Å². The van der Waals surface area contributed by atoms with Gasteiger partial charge in [0.15, 0.2) is 0 Å². The molecule has 0 fully saturated rings. The fraction of sp³-hybridized carbons (Fsp3) is 0.105. The van der Waals surface area contributed by atoms with Crippen LogP contribution in [0.25, 0.3) is 16.8 Å². The maximum absolute atomic E-state index is 12.1. The Labute approximate surface area is 140 Å². The summed E-state index contributed by atoms with van der Waals surface area (Å²) in [6.45, 7) is 0. The average Bonchev–Trinajstić information content (AvgIpc) is 2.56. The van der Waals surface area contributed by atoms with E-state index in [0.29, 0.717) is 0 Å². The largest absolute Gasteiger partial charge is 0.284 e. The van der Waals surface area contributed by atoms with Gasteiger partial charge in [0.2, 0.25) is 0 Å². The highest BCUT2D eigenvalue weighted by atomic mass is 32.2. The van der Waals surface area contributed by atoms with Crippen LogP contribution in [0, 0.1) is 0 Å². The van der Waals surface area contributed by atoms with Crippen LogP contribution in [0.5, 0.6) is 0 Å². The quantitative estimate of drug-likeness (QED) is 0.677. The molecule has 116 valence electrons. The fourth-order valence-corrected chi connectivity index (χ4v) is 3.05. The Kier molecular flexibility index (Phi) is 4.65. The number of benzene rings is 2. The van der Waals surface area contributed by atoms with Crippen LogP contribution in [-0.4, -0.2) is 23.0 Å². The Morgan fingerprint density at radius 3 is 2.13 bits per heavy atom. The molecule has 0 atom stereocenters. The minimum Gasteiger partial charge on any atom is -0.284 e. The number of nitrogens with zero attached hydrogens (tertiary/aromatic N) is 2. The second kappa shape index (κ2) is 6.86. The molecule has 0 aliphatic heterocycles. The molecule has 3 nitrogen and oxygen atoms in total. The van der Waals surface area contributed by atoms with E-state index in [1.807, 2.05) is 56.7 Å². The predicted octanol–water partition coefficient (Wildman–Crippen LogP) is 4.07. The Hall–Kier alpha value is -2.30. The Morgan fingerprint density at radius 2 is 1.48 bits per heavy atom. The average molecular weight is 322 g/mol. The fourth-order valence-electron chi connectivity index (χ4n) is 2.37. The molecule has 3 rings (SSSR count). The van der Waals surface area contributed by atoms with Gasteiger partial charge in [0.25, 0.3) is 5.56 Å². The van der Waals surface area contributed by atoms with Crippen molar-refractivity contribution >= 4 is 11.9 Å². The molecule has 2 aromatic carbocycles. The van der Waals surface area contributed by atoms with Crippen LogP contribution < -0.4 is 5.56 Å². The molecule has 0 unspecified atom stereocenters. The van der Waals surface area contributed by atoms with Gasteiger partial charge in [0.1, 0.15) is 0 Å². The third-order valence-corrected chi connectivity index (χ3v) is 4.27. The van der Waals surface area contributed by atoms with Gasteiger partial charge in [-0.1, -0.05) is 30.3 Å². The molecular formula is C19H18N2OS. The van der Waals surface area contributed by atoms with Crippen molar-refractivity contribution in [3.8, 4) is 16.8 Å². The molecule has 0 N–H and O–H groups in total. The standard InChI is InChI=1S/C19H18N2OS/c1-20(2)23-18-11-8-15(9-12-18)16-10-13-19(22)21(14-16)17-6-4-3-5-7-17/h3-14H,1-2H3. The van der Waals surface area contributed by atoms with Gasteiger partial charge in [-0.05, 0) is 67.5 Å². The highest BCUT2D eigenvalue weighted by molar-refractivity contribution is 7.97. The van der Waals surface area contributed by atoms with Crippen molar-refractivity contribution in [3.63, 3.8) is 0 Å². The molecule has 1 aromatic heterocycles. The van der Waals surface area contributed by atoms with Crippen molar-refractivity contribution < 1.29 is 0 Å². The summed E-state index contributed by atoms with van der Waals surface area (Å²) in [7, 11) is 4.04. The molecule has 0 aliphatic rings. The second-order valence-electron chi connectivity index (χ2n) is 5.39. The highest BCUT2D eigenvalue weighted by Crippen LogP contribution is 2.24. The summed E-state index contributed by atoms with van der Waals surface area (Å²) in [6.07, 6.45) is 1.89. The van der Waals surface area contributed by atoms with E-state index in [2.05, 4.69) is 28.6 Å². The molecule has 0 aliphatic carbocycles. The van der Waals surface area contributed by atoms with Crippen LogP contribution in [0.1, 0.15) is 0 Å². The molecule has 4 heteroatoms. The van der Waals surface area contributed by atoms with Crippen LogP contribution >= 0.6 is 11.9 Å². The van der Waals surface area contributed by atoms with Gasteiger partial charge >= 0.3 is 0 Å². The maximum Gasteiger partial charge on any atom is 0.255 e. The lowest BCUT2D eigenvalue weighted by atomic mass is 10.1. The SMILES string of the molecule is CN(C)Sc1ccc(-c2ccc(=O)n(-c3ccccc3)c2)cc1. The van der Waals surface area contributed by atoms with Crippen LogP contribution in [0.4, 0.5) is 0 Å². The monoisotopic (exact) mass is 322 g/mol. The summed E-state index contributed by atoms with van der Waals surface area (Å²) in [5.41, 5.74) is 2.96. The van der Waals surface area contributed by atoms with Crippen molar-refractivity contribution in [1.82, 2.24) is 8.87 Å².